The van der Waals surface area contributed by atoms with Crippen LogP contribution in [0.15, 0.2) is 54.6 Å². The van der Waals surface area contributed by atoms with E-state index in [4.69, 9.17) is 15.2 Å². The van der Waals surface area contributed by atoms with E-state index in [0.717, 1.165) is 17.0 Å². The fourth-order valence-corrected chi connectivity index (χ4v) is 2.46. The average molecular weight is 379 g/mol. The van der Waals surface area contributed by atoms with E-state index >= 15 is 0 Å². The molecule has 8 nitrogen and oxygen atoms in total. The Morgan fingerprint density at radius 3 is 2.50 bits per heavy atom. The molecule has 28 heavy (non-hydrogen) atoms. The molecule has 0 atom stereocenters. The molecule has 1 heterocycles. The number of ether oxygens (including phenoxy) is 2. The second-order valence-corrected chi connectivity index (χ2v) is 5.93. The van der Waals surface area contributed by atoms with Crippen molar-refractivity contribution in [3.8, 4) is 5.75 Å². The number of rotatable bonds is 8. The minimum atomic E-state index is -0.340. The van der Waals surface area contributed by atoms with Crippen molar-refractivity contribution in [3.05, 3.63) is 66.0 Å². The predicted octanol–water partition coefficient (Wildman–Crippen LogP) is 2.88. The van der Waals surface area contributed by atoms with Crippen LogP contribution in [0.1, 0.15) is 17.8 Å². The highest BCUT2D eigenvalue weighted by Crippen LogP contribution is 2.14. The Labute approximate surface area is 162 Å². The van der Waals surface area contributed by atoms with Crippen molar-refractivity contribution in [2.24, 2.45) is 0 Å². The third-order valence-electron chi connectivity index (χ3n) is 3.87. The number of nitrogens with zero attached hydrogens (tertiary/aromatic N) is 3. The van der Waals surface area contributed by atoms with Gasteiger partial charge in [-0.3, -0.25) is 4.79 Å². The predicted molar refractivity (Wildman–Crippen MR) is 105 cm³/mol. The maximum absolute atomic E-state index is 12.0. The van der Waals surface area contributed by atoms with Gasteiger partial charge in [-0.25, -0.2) is 0 Å². The second kappa shape index (κ2) is 9.31. The Morgan fingerprint density at radius 2 is 1.79 bits per heavy atom. The highest BCUT2D eigenvalue weighted by atomic mass is 16.5. The summed E-state index contributed by atoms with van der Waals surface area (Å²) < 4.78 is 10.4. The van der Waals surface area contributed by atoms with E-state index in [2.05, 4.69) is 20.3 Å². The molecular weight excluding hydrogens is 358 g/mol. The third-order valence-corrected chi connectivity index (χ3v) is 3.87. The maximum Gasteiger partial charge on any atom is 0.306 e. The van der Waals surface area contributed by atoms with Gasteiger partial charge in [0.25, 0.3) is 0 Å². The smallest absolute Gasteiger partial charge is 0.306 e. The zero-order valence-electron chi connectivity index (χ0n) is 15.5. The van der Waals surface area contributed by atoms with Gasteiger partial charge in [0.05, 0.1) is 7.11 Å². The number of hydrogen-bond donors (Lipinski definition) is 2. The highest BCUT2D eigenvalue weighted by Gasteiger charge is 2.09. The largest absolute Gasteiger partial charge is 0.497 e. The maximum atomic E-state index is 12.0. The minimum absolute atomic E-state index is 0.0534. The summed E-state index contributed by atoms with van der Waals surface area (Å²) in [5.41, 5.74) is 7.56. The lowest BCUT2D eigenvalue weighted by Gasteiger charge is -2.08. The topological polar surface area (TPSA) is 112 Å². The zero-order chi connectivity index (χ0) is 19.8. The van der Waals surface area contributed by atoms with Gasteiger partial charge in [-0.1, -0.05) is 30.3 Å². The summed E-state index contributed by atoms with van der Waals surface area (Å²) in [6.07, 6.45) is 0.824. The van der Waals surface area contributed by atoms with Crippen LogP contribution in [-0.2, 0) is 22.6 Å². The van der Waals surface area contributed by atoms with Gasteiger partial charge in [0.15, 0.2) is 12.4 Å². The van der Waals surface area contributed by atoms with Crippen molar-refractivity contribution in [1.82, 2.24) is 15.0 Å². The van der Waals surface area contributed by atoms with Gasteiger partial charge in [0, 0.05) is 12.1 Å². The number of aromatic nitrogens is 3. The van der Waals surface area contributed by atoms with Gasteiger partial charge in [-0.2, -0.15) is 15.0 Å². The van der Waals surface area contributed by atoms with E-state index in [9.17, 15) is 4.79 Å². The molecule has 2 aromatic carbocycles. The lowest BCUT2D eigenvalue weighted by Crippen LogP contribution is -2.11. The molecule has 0 amide bonds. The van der Waals surface area contributed by atoms with Crippen LogP contribution < -0.4 is 15.8 Å². The van der Waals surface area contributed by atoms with Crippen LogP contribution in [0.3, 0.4) is 0 Å². The molecule has 0 aliphatic carbocycles. The van der Waals surface area contributed by atoms with Crippen LogP contribution in [0.4, 0.5) is 17.6 Å². The van der Waals surface area contributed by atoms with Gasteiger partial charge in [-0.15, -0.1) is 0 Å². The molecule has 0 unspecified atom stereocenters. The zero-order valence-corrected chi connectivity index (χ0v) is 15.5. The number of aryl methyl sites for hydroxylation is 1. The third kappa shape index (κ3) is 5.66. The summed E-state index contributed by atoms with van der Waals surface area (Å²) in [5, 5.41) is 3.04. The summed E-state index contributed by atoms with van der Waals surface area (Å²) in [7, 11) is 1.61. The first-order chi connectivity index (χ1) is 13.6. The molecular formula is C20H21N5O3. The Kier molecular flexibility index (Phi) is 6.35. The van der Waals surface area contributed by atoms with Crippen LogP contribution in [0.2, 0.25) is 0 Å². The first-order valence-electron chi connectivity index (χ1n) is 8.73. The van der Waals surface area contributed by atoms with Crippen molar-refractivity contribution >= 4 is 23.6 Å². The fourth-order valence-electron chi connectivity index (χ4n) is 2.46. The first-order valence-corrected chi connectivity index (χ1v) is 8.73. The number of carbonyl (C=O) groups is 1. The molecule has 3 aromatic rings. The molecule has 0 bridgehead atoms. The van der Waals surface area contributed by atoms with Crippen molar-refractivity contribution in [1.29, 1.82) is 0 Å². The van der Waals surface area contributed by atoms with Crippen LogP contribution >= 0.6 is 0 Å². The molecule has 0 aliphatic rings. The normalized spacial score (nSPS) is 10.3. The monoisotopic (exact) mass is 379 g/mol. The summed E-state index contributed by atoms with van der Waals surface area (Å²) >= 11 is 0. The molecule has 0 saturated carbocycles. The van der Waals surface area contributed by atoms with E-state index in [0.29, 0.717) is 12.4 Å². The van der Waals surface area contributed by atoms with Gasteiger partial charge in [0.1, 0.15) is 5.75 Å². The summed E-state index contributed by atoms with van der Waals surface area (Å²) in [6.45, 7) is -0.0718. The number of hydrogen-bond acceptors (Lipinski definition) is 8. The van der Waals surface area contributed by atoms with E-state index in [1.807, 2.05) is 54.6 Å². The molecule has 8 heteroatoms. The van der Waals surface area contributed by atoms with E-state index in [1.165, 1.54) is 0 Å². The number of nitrogens with one attached hydrogen (secondary N) is 1. The number of benzene rings is 2. The van der Waals surface area contributed by atoms with Crippen molar-refractivity contribution in [2.75, 3.05) is 18.2 Å². The number of carbonyl (C=O) groups excluding carboxylic acids is 1. The second-order valence-electron chi connectivity index (χ2n) is 5.93. The SMILES string of the molecule is COc1ccc(CCC(=O)OCc2nc(N)nc(Nc3ccccc3)n2)cc1. The van der Waals surface area contributed by atoms with Gasteiger partial charge >= 0.3 is 5.97 Å². The van der Waals surface area contributed by atoms with E-state index in [-0.39, 0.29) is 30.8 Å². The molecule has 0 fully saturated rings. The molecule has 0 radical (unpaired) electrons. The van der Waals surface area contributed by atoms with E-state index in [1.54, 1.807) is 7.11 Å². The van der Waals surface area contributed by atoms with Gasteiger partial charge in [-0.05, 0) is 36.2 Å². The Hall–Kier alpha value is -3.68. The molecule has 144 valence electrons. The number of para-hydroxylation sites is 1. The molecule has 0 spiro atoms. The summed E-state index contributed by atoms with van der Waals surface area (Å²) in [6, 6.07) is 17.0. The van der Waals surface area contributed by atoms with Crippen molar-refractivity contribution in [2.45, 2.75) is 19.4 Å². The number of anilines is 3. The summed E-state index contributed by atoms with van der Waals surface area (Å²) in [4.78, 5) is 24.3. The Balaban J connectivity index is 1.52. The fraction of sp³-hybridized carbons (Fsp3) is 0.200. The summed E-state index contributed by atoms with van der Waals surface area (Å²) in [5.74, 6) is 1.07. The van der Waals surface area contributed by atoms with Crippen molar-refractivity contribution < 1.29 is 14.3 Å². The van der Waals surface area contributed by atoms with Crippen LogP contribution in [0.5, 0.6) is 5.75 Å². The number of esters is 1. The number of nitrogen functional groups attached to an aromatic ring is 1. The van der Waals surface area contributed by atoms with Crippen LogP contribution in [0.25, 0.3) is 0 Å². The first kappa shape index (κ1) is 19.1. The lowest BCUT2D eigenvalue weighted by molar-refractivity contribution is -0.145. The molecule has 0 saturated heterocycles. The van der Waals surface area contributed by atoms with Crippen LogP contribution in [0, 0.1) is 0 Å². The number of methoxy groups -OCH3 is 1. The molecule has 0 aliphatic heterocycles. The number of nitrogens with two attached hydrogens (primary N) is 1. The molecule has 1 aromatic heterocycles. The molecule has 3 N–H and O–H groups in total. The van der Waals surface area contributed by atoms with Gasteiger partial charge < -0.3 is 20.5 Å². The van der Waals surface area contributed by atoms with Gasteiger partial charge in [0.2, 0.25) is 11.9 Å². The minimum Gasteiger partial charge on any atom is -0.497 e. The lowest BCUT2D eigenvalue weighted by atomic mass is 10.1. The van der Waals surface area contributed by atoms with E-state index < -0.39 is 0 Å². The van der Waals surface area contributed by atoms with Crippen molar-refractivity contribution in [3.63, 3.8) is 0 Å². The standard InChI is InChI=1S/C20H21N5O3/c1-27-16-10-7-14(8-11-16)9-12-18(26)28-13-17-23-19(21)25-20(24-17)22-15-5-3-2-4-6-15/h2-8,10-11H,9,12-13H2,1H3,(H3,21,22,23,24,25). The average Bonchev–Trinajstić information content (AvgIpc) is 2.71. The quantitative estimate of drug-likeness (QED) is 0.575. The Bertz CT molecular complexity index is 917. The highest BCUT2D eigenvalue weighted by molar-refractivity contribution is 5.69. The van der Waals surface area contributed by atoms with Crippen LogP contribution in [-0.4, -0.2) is 28.0 Å². The Morgan fingerprint density at radius 1 is 1.04 bits per heavy atom. The molecule has 3 rings (SSSR count).